The molecule has 29 heavy (non-hydrogen) atoms. The van der Waals surface area contributed by atoms with Crippen LogP contribution < -0.4 is 15.4 Å². The first-order valence-corrected chi connectivity index (χ1v) is 9.20. The topological polar surface area (TPSA) is 127 Å². The SMILES string of the molecule is CCOC(=O)C1=C(COC(=O)[C@@H](C)Oc2ccc(C#N)cc2)NC(=O)N[C@@H]1CC. The number of hydrogen-bond donors (Lipinski definition) is 2. The predicted octanol–water partition coefficient (Wildman–Crippen LogP) is 1.78. The molecule has 1 aromatic rings. The zero-order chi connectivity index (χ0) is 21.4. The van der Waals surface area contributed by atoms with Crippen LogP contribution in [0.1, 0.15) is 32.8 Å². The maximum Gasteiger partial charge on any atom is 0.347 e. The van der Waals surface area contributed by atoms with Gasteiger partial charge in [0.2, 0.25) is 0 Å². The number of urea groups is 1. The van der Waals surface area contributed by atoms with Crippen molar-refractivity contribution in [3.8, 4) is 11.8 Å². The molecule has 1 aliphatic heterocycles. The second-order valence-electron chi connectivity index (χ2n) is 6.18. The van der Waals surface area contributed by atoms with Crippen LogP contribution in [0.15, 0.2) is 35.5 Å². The predicted molar refractivity (Wildman–Crippen MR) is 102 cm³/mol. The molecule has 9 nitrogen and oxygen atoms in total. The van der Waals surface area contributed by atoms with Crippen molar-refractivity contribution in [1.82, 2.24) is 10.6 Å². The second kappa shape index (κ2) is 10.1. The number of nitrogens with one attached hydrogen (secondary N) is 2. The average molecular weight is 401 g/mol. The molecule has 2 rings (SSSR count). The first-order chi connectivity index (χ1) is 13.9. The number of carbonyl (C=O) groups is 3. The number of hydrogen-bond acceptors (Lipinski definition) is 7. The molecule has 0 radical (unpaired) electrons. The molecular weight excluding hydrogens is 378 g/mol. The summed E-state index contributed by atoms with van der Waals surface area (Å²) >= 11 is 0. The molecular formula is C20H23N3O6. The van der Waals surface area contributed by atoms with E-state index >= 15 is 0 Å². The van der Waals surface area contributed by atoms with Crippen molar-refractivity contribution >= 4 is 18.0 Å². The normalized spacial score (nSPS) is 16.8. The fraction of sp³-hybridized carbons (Fsp3) is 0.400. The van der Waals surface area contributed by atoms with E-state index in [-0.39, 0.29) is 24.5 Å². The van der Waals surface area contributed by atoms with E-state index in [9.17, 15) is 14.4 Å². The lowest BCUT2D eigenvalue weighted by Gasteiger charge is -2.28. The van der Waals surface area contributed by atoms with E-state index < -0.39 is 30.1 Å². The van der Waals surface area contributed by atoms with E-state index in [1.165, 1.54) is 6.92 Å². The second-order valence-corrected chi connectivity index (χ2v) is 6.18. The van der Waals surface area contributed by atoms with Crippen LogP contribution in [-0.4, -0.2) is 43.3 Å². The highest BCUT2D eigenvalue weighted by Crippen LogP contribution is 2.18. The van der Waals surface area contributed by atoms with Crippen LogP contribution >= 0.6 is 0 Å². The largest absolute Gasteiger partial charge is 0.479 e. The number of carbonyl (C=O) groups excluding carboxylic acids is 3. The zero-order valence-corrected chi connectivity index (χ0v) is 16.5. The Kier molecular flexibility index (Phi) is 7.60. The molecule has 1 aromatic carbocycles. The smallest absolute Gasteiger partial charge is 0.347 e. The van der Waals surface area contributed by atoms with Gasteiger partial charge in [0.15, 0.2) is 6.10 Å². The molecule has 0 saturated heterocycles. The summed E-state index contributed by atoms with van der Waals surface area (Å²) < 4.78 is 15.8. The molecule has 2 amide bonds. The Hall–Kier alpha value is -3.54. The first kappa shape index (κ1) is 21.8. The summed E-state index contributed by atoms with van der Waals surface area (Å²) in [6.07, 6.45) is -0.467. The molecule has 0 aromatic heterocycles. The highest BCUT2D eigenvalue weighted by molar-refractivity contribution is 5.95. The first-order valence-electron chi connectivity index (χ1n) is 9.20. The monoisotopic (exact) mass is 401 g/mol. The number of benzene rings is 1. The molecule has 0 spiro atoms. The number of ether oxygens (including phenoxy) is 3. The van der Waals surface area contributed by atoms with Gasteiger partial charge in [0, 0.05) is 0 Å². The molecule has 0 aliphatic carbocycles. The number of rotatable bonds is 8. The van der Waals surface area contributed by atoms with Crippen LogP contribution in [0.25, 0.3) is 0 Å². The third-order valence-corrected chi connectivity index (χ3v) is 4.13. The van der Waals surface area contributed by atoms with Crippen molar-refractivity contribution in [2.24, 2.45) is 0 Å². The van der Waals surface area contributed by atoms with Gasteiger partial charge in [-0.3, -0.25) is 0 Å². The fourth-order valence-corrected chi connectivity index (χ4v) is 2.70. The van der Waals surface area contributed by atoms with Gasteiger partial charge in [-0.25, -0.2) is 14.4 Å². The van der Waals surface area contributed by atoms with Crippen molar-refractivity contribution in [2.75, 3.05) is 13.2 Å². The quantitative estimate of drug-likeness (QED) is 0.636. The van der Waals surface area contributed by atoms with Gasteiger partial charge in [-0.2, -0.15) is 5.26 Å². The lowest BCUT2D eigenvalue weighted by molar-refractivity contribution is -0.150. The number of nitriles is 1. The van der Waals surface area contributed by atoms with E-state index in [2.05, 4.69) is 10.6 Å². The Morgan fingerprint density at radius 1 is 1.21 bits per heavy atom. The van der Waals surface area contributed by atoms with Crippen molar-refractivity contribution in [1.29, 1.82) is 5.26 Å². The summed E-state index contributed by atoms with van der Waals surface area (Å²) in [4.78, 5) is 36.4. The van der Waals surface area contributed by atoms with E-state index in [4.69, 9.17) is 19.5 Å². The highest BCUT2D eigenvalue weighted by atomic mass is 16.6. The van der Waals surface area contributed by atoms with Crippen molar-refractivity contribution < 1.29 is 28.6 Å². The molecule has 0 bridgehead atoms. The van der Waals surface area contributed by atoms with Gasteiger partial charge >= 0.3 is 18.0 Å². The van der Waals surface area contributed by atoms with Gasteiger partial charge in [0.05, 0.1) is 35.6 Å². The summed E-state index contributed by atoms with van der Waals surface area (Å²) in [6.45, 7) is 4.87. The molecule has 2 atom stereocenters. The van der Waals surface area contributed by atoms with Gasteiger partial charge in [0.1, 0.15) is 12.4 Å². The number of nitrogens with zero attached hydrogens (tertiary/aromatic N) is 1. The Morgan fingerprint density at radius 2 is 1.90 bits per heavy atom. The Balaban J connectivity index is 2.06. The highest BCUT2D eigenvalue weighted by Gasteiger charge is 2.32. The van der Waals surface area contributed by atoms with Crippen molar-refractivity contribution in [3.63, 3.8) is 0 Å². The molecule has 2 N–H and O–H groups in total. The standard InChI is InChI=1S/C20H23N3O6/c1-4-15-17(19(25)27-5-2)16(23-20(26)22-15)11-28-18(24)12(3)29-14-8-6-13(10-21)7-9-14/h6-9,12,15H,4-5,11H2,1-3H3,(H2,22,23,26)/t12-,15-/m1/s1. The van der Waals surface area contributed by atoms with Gasteiger partial charge in [0.25, 0.3) is 0 Å². The van der Waals surface area contributed by atoms with E-state index in [1.54, 1.807) is 31.2 Å². The van der Waals surface area contributed by atoms with E-state index in [0.717, 1.165) is 0 Å². The zero-order valence-electron chi connectivity index (χ0n) is 16.5. The van der Waals surface area contributed by atoms with Crippen molar-refractivity contribution in [2.45, 2.75) is 39.3 Å². The molecule has 1 heterocycles. The minimum absolute atomic E-state index is 0.176. The molecule has 9 heteroatoms. The van der Waals surface area contributed by atoms with Gasteiger partial charge < -0.3 is 24.8 Å². The third kappa shape index (κ3) is 5.72. The summed E-state index contributed by atoms with van der Waals surface area (Å²) in [7, 11) is 0. The summed E-state index contributed by atoms with van der Waals surface area (Å²) in [5.74, 6) is -0.855. The van der Waals surface area contributed by atoms with Crippen LogP contribution in [0.2, 0.25) is 0 Å². The number of amides is 2. The Morgan fingerprint density at radius 3 is 2.48 bits per heavy atom. The Labute approximate surface area is 168 Å². The van der Waals surface area contributed by atoms with Gasteiger partial charge in [-0.15, -0.1) is 0 Å². The lowest BCUT2D eigenvalue weighted by Crippen LogP contribution is -2.51. The minimum Gasteiger partial charge on any atom is -0.479 e. The average Bonchev–Trinajstić information content (AvgIpc) is 2.71. The summed E-state index contributed by atoms with van der Waals surface area (Å²) in [5.41, 5.74) is 0.874. The van der Waals surface area contributed by atoms with E-state index in [0.29, 0.717) is 17.7 Å². The van der Waals surface area contributed by atoms with Crippen LogP contribution in [0, 0.1) is 11.3 Å². The van der Waals surface area contributed by atoms with Gasteiger partial charge in [-0.1, -0.05) is 6.92 Å². The van der Waals surface area contributed by atoms with E-state index in [1.807, 2.05) is 13.0 Å². The molecule has 154 valence electrons. The van der Waals surface area contributed by atoms with Crippen LogP contribution in [0.5, 0.6) is 5.75 Å². The fourth-order valence-electron chi connectivity index (χ4n) is 2.70. The summed E-state index contributed by atoms with van der Waals surface area (Å²) in [5, 5.41) is 14.0. The molecule has 0 saturated carbocycles. The summed E-state index contributed by atoms with van der Waals surface area (Å²) in [6, 6.07) is 7.25. The third-order valence-electron chi connectivity index (χ3n) is 4.13. The van der Waals surface area contributed by atoms with Crippen LogP contribution in [0.3, 0.4) is 0 Å². The molecule has 1 aliphatic rings. The number of esters is 2. The minimum atomic E-state index is -0.936. The van der Waals surface area contributed by atoms with Crippen molar-refractivity contribution in [3.05, 3.63) is 41.1 Å². The lowest BCUT2D eigenvalue weighted by atomic mass is 10.0. The van der Waals surface area contributed by atoms with Crippen LogP contribution in [-0.2, 0) is 19.1 Å². The maximum atomic E-state index is 12.3. The molecule has 0 fully saturated rings. The van der Waals surface area contributed by atoms with Gasteiger partial charge in [-0.05, 0) is 44.5 Å². The van der Waals surface area contributed by atoms with Crippen LogP contribution in [0.4, 0.5) is 4.79 Å². The maximum absolute atomic E-state index is 12.3. The Bertz CT molecular complexity index is 841. The molecule has 0 unspecified atom stereocenters.